The van der Waals surface area contributed by atoms with Gasteiger partial charge in [0.1, 0.15) is 13.2 Å². The van der Waals surface area contributed by atoms with Gasteiger partial charge < -0.3 is 14.2 Å². The molecule has 64 heavy (non-hydrogen) atoms. The zero-order valence-corrected chi connectivity index (χ0v) is 42.8. The van der Waals surface area contributed by atoms with E-state index in [2.05, 4.69) is 57.2 Å². The highest BCUT2D eigenvalue weighted by atomic mass is 16.6. The van der Waals surface area contributed by atoms with E-state index in [9.17, 15) is 14.4 Å². The number of rotatable bonds is 51. The number of carbonyl (C=O) groups excluding carboxylic acids is 3. The number of hydrogen-bond acceptors (Lipinski definition) is 6. The van der Waals surface area contributed by atoms with Crippen molar-refractivity contribution in [2.75, 3.05) is 13.2 Å². The quantitative estimate of drug-likeness (QED) is 0.0262. The molecule has 1 atom stereocenters. The van der Waals surface area contributed by atoms with Crippen LogP contribution in [0, 0.1) is 0 Å². The van der Waals surface area contributed by atoms with Crippen LogP contribution in [0.4, 0.5) is 0 Å². The van der Waals surface area contributed by atoms with Crippen molar-refractivity contribution < 1.29 is 28.6 Å². The van der Waals surface area contributed by atoms with Crippen molar-refractivity contribution in [1.82, 2.24) is 0 Å². The van der Waals surface area contributed by atoms with E-state index in [0.717, 1.165) is 77.0 Å². The summed E-state index contributed by atoms with van der Waals surface area (Å²) in [5.41, 5.74) is 0. The van der Waals surface area contributed by atoms with Crippen LogP contribution in [0.5, 0.6) is 0 Å². The van der Waals surface area contributed by atoms with Crippen molar-refractivity contribution in [1.29, 1.82) is 0 Å². The normalized spacial score (nSPS) is 12.2. The molecule has 6 heteroatoms. The van der Waals surface area contributed by atoms with E-state index in [1.54, 1.807) is 0 Å². The largest absolute Gasteiger partial charge is 0.462 e. The fourth-order valence-electron chi connectivity index (χ4n) is 8.16. The second-order valence-electron chi connectivity index (χ2n) is 18.9. The molecular formula is C58H106O6. The highest BCUT2D eigenvalue weighted by molar-refractivity contribution is 5.71. The van der Waals surface area contributed by atoms with Crippen molar-refractivity contribution >= 4 is 17.9 Å². The van der Waals surface area contributed by atoms with Gasteiger partial charge in [0.15, 0.2) is 6.10 Å². The summed E-state index contributed by atoms with van der Waals surface area (Å²) >= 11 is 0. The number of allylic oxidation sites excluding steroid dienone is 6. The van der Waals surface area contributed by atoms with Gasteiger partial charge in [-0.2, -0.15) is 0 Å². The fraction of sp³-hybridized carbons (Fsp3) is 0.845. The Morgan fingerprint density at radius 1 is 0.312 bits per heavy atom. The molecule has 1 unspecified atom stereocenters. The first-order valence-corrected chi connectivity index (χ1v) is 28.0. The summed E-state index contributed by atoms with van der Waals surface area (Å²) in [5, 5.41) is 0. The Hall–Kier alpha value is -2.37. The Morgan fingerprint density at radius 3 is 0.875 bits per heavy atom. The van der Waals surface area contributed by atoms with Crippen LogP contribution >= 0.6 is 0 Å². The molecule has 0 aliphatic carbocycles. The minimum atomic E-state index is -0.771. The Morgan fingerprint density at radius 2 is 0.562 bits per heavy atom. The molecule has 0 aromatic rings. The van der Waals surface area contributed by atoms with Crippen LogP contribution in [0.25, 0.3) is 0 Å². The predicted octanol–water partition coefficient (Wildman–Crippen LogP) is 18.5. The molecule has 6 nitrogen and oxygen atoms in total. The number of ether oxygens (including phenoxy) is 3. The van der Waals surface area contributed by atoms with Crippen LogP contribution in [0.15, 0.2) is 36.5 Å². The van der Waals surface area contributed by atoms with Gasteiger partial charge in [0.2, 0.25) is 0 Å². The molecule has 0 aromatic heterocycles. The standard InChI is InChI=1S/C58H106O6/c1-4-7-10-13-16-18-20-22-24-26-28-29-31-32-34-36-38-40-42-45-48-51-57(60)63-54-55(53-62-56(59)50-47-44-15-12-9-6-3)64-58(61)52-49-46-43-41-39-37-35-33-30-27-25-23-21-19-17-14-11-8-5-2/h20,22,26,28,31-32,55H,4-19,21,23-25,27,29-30,33-54H2,1-3H3/b22-20-,28-26-,32-31-. The molecule has 0 aromatic carbocycles. The predicted molar refractivity (Wildman–Crippen MR) is 275 cm³/mol. The molecule has 0 rings (SSSR count). The van der Waals surface area contributed by atoms with Gasteiger partial charge in [-0.25, -0.2) is 0 Å². The average Bonchev–Trinajstić information content (AvgIpc) is 3.29. The third kappa shape index (κ3) is 50.6. The van der Waals surface area contributed by atoms with Crippen molar-refractivity contribution in [3.63, 3.8) is 0 Å². The van der Waals surface area contributed by atoms with Crippen LogP contribution in [-0.2, 0) is 28.6 Å². The van der Waals surface area contributed by atoms with Crippen LogP contribution in [0.3, 0.4) is 0 Å². The lowest BCUT2D eigenvalue weighted by Gasteiger charge is -2.18. The number of esters is 3. The molecule has 0 saturated heterocycles. The van der Waals surface area contributed by atoms with E-state index in [4.69, 9.17) is 14.2 Å². The second-order valence-corrected chi connectivity index (χ2v) is 18.9. The molecule has 0 spiro atoms. The van der Waals surface area contributed by atoms with Gasteiger partial charge in [-0.05, 0) is 57.8 Å². The molecule has 0 radical (unpaired) electrons. The highest BCUT2D eigenvalue weighted by Gasteiger charge is 2.19. The van der Waals surface area contributed by atoms with E-state index in [1.165, 1.54) is 180 Å². The maximum atomic E-state index is 12.8. The van der Waals surface area contributed by atoms with Gasteiger partial charge in [0, 0.05) is 19.3 Å². The Labute approximate surface area is 397 Å². The van der Waals surface area contributed by atoms with Crippen LogP contribution in [0.2, 0.25) is 0 Å². The third-order valence-electron chi connectivity index (χ3n) is 12.4. The smallest absolute Gasteiger partial charge is 0.306 e. The molecule has 0 fully saturated rings. The minimum Gasteiger partial charge on any atom is -0.462 e. The maximum absolute atomic E-state index is 12.8. The van der Waals surface area contributed by atoms with Crippen molar-refractivity contribution in [2.24, 2.45) is 0 Å². The summed E-state index contributed by atoms with van der Waals surface area (Å²) in [6, 6.07) is 0. The van der Waals surface area contributed by atoms with Crippen molar-refractivity contribution in [3.8, 4) is 0 Å². The molecule has 0 saturated carbocycles. The lowest BCUT2D eigenvalue weighted by atomic mass is 10.0. The maximum Gasteiger partial charge on any atom is 0.306 e. The molecule has 0 amide bonds. The number of hydrogen-bond donors (Lipinski definition) is 0. The van der Waals surface area contributed by atoms with Gasteiger partial charge in [-0.1, -0.05) is 256 Å². The minimum absolute atomic E-state index is 0.0737. The van der Waals surface area contributed by atoms with Crippen LogP contribution in [0.1, 0.15) is 297 Å². The van der Waals surface area contributed by atoms with Gasteiger partial charge in [0.05, 0.1) is 0 Å². The van der Waals surface area contributed by atoms with E-state index < -0.39 is 6.10 Å². The molecule has 0 bridgehead atoms. The molecular weight excluding hydrogens is 793 g/mol. The lowest BCUT2D eigenvalue weighted by Crippen LogP contribution is -2.30. The number of carbonyl (C=O) groups is 3. The van der Waals surface area contributed by atoms with E-state index in [-0.39, 0.29) is 31.1 Å². The monoisotopic (exact) mass is 899 g/mol. The SMILES string of the molecule is CCCCCCC/C=C\C/C=C\C/C=C\CCCCCCCCC(=O)OCC(COC(=O)CCCCCCCC)OC(=O)CCCCCCCCCCCCCCCCCCCCC. The van der Waals surface area contributed by atoms with Crippen LogP contribution in [-0.4, -0.2) is 37.2 Å². The van der Waals surface area contributed by atoms with Gasteiger partial charge >= 0.3 is 17.9 Å². The highest BCUT2D eigenvalue weighted by Crippen LogP contribution is 2.16. The molecule has 0 aliphatic heterocycles. The molecule has 0 aliphatic rings. The molecule has 374 valence electrons. The first-order valence-electron chi connectivity index (χ1n) is 28.0. The summed E-state index contributed by atoms with van der Waals surface area (Å²) in [6.07, 6.45) is 63.0. The van der Waals surface area contributed by atoms with Gasteiger partial charge in [-0.15, -0.1) is 0 Å². The Balaban J connectivity index is 4.17. The fourth-order valence-corrected chi connectivity index (χ4v) is 8.16. The van der Waals surface area contributed by atoms with E-state index >= 15 is 0 Å². The number of unbranched alkanes of at least 4 members (excludes halogenated alkanes) is 34. The molecule has 0 N–H and O–H groups in total. The second kappa shape index (κ2) is 53.2. The lowest BCUT2D eigenvalue weighted by molar-refractivity contribution is -0.167. The summed E-state index contributed by atoms with van der Waals surface area (Å²) in [4.78, 5) is 37.8. The van der Waals surface area contributed by atoms with Gasteiger partial charge in [-0.3, -0.25) is 14.4 Å². The van der Waals surface area contributed by atoms with E-state index in [1.807, 2.05) is 0 Å². The van der Waals surface area contributed by atoms with Crippen molar-refractivity contribution in [2.45, 2.75) is 303 Å². The third-order valence-corrected chi connectivity index (χ3v) is 12.4. The Bertz CT molecular complexity index is 1080. The summed E-state index contributed by atoms with van der Waals surface area (Å²) in [7, 11) is 0. The topological polar surface area (TPSA) is 78.9 Å². The first kappa shape index (κ1) is 61.6. The zero-order chi connectivity index (χ0) is 46.5. The summed E-state index contributed by atoms with van der Waals surface area (Å²) < 4.78 is 16.7. The average molecular weight is 899 g/mol. The summed E-state index contributed by atoms with van der Waals surface area (Å²) in [5.74, 6) is -0.882. The zero-order valence-electron chi connectivity index (χ0n) is 42.8. The van der Waals surface area contributed by atoms with Crippen LogP contribution < -0.4 is 0 Å². The molecule has 0 heterocycles. The van der Waals surface area contributed by atoms with E-state index in [0.29, 0.717) is 19.3 Å². The van der Waals surface area contributed by atoms with Gasteiger partial charge in [0.25, 0.3) is 0 Å². The first-order chi connectivity index (χ1) is 31.5. The Kier molecular flexibility index (Phi) is 51.3. The van der Waals surface area contributed by atoms with Crippen molar-refractivity contribution in [3.05, 3.63) is 36.5 Å². The summed E-state index contributed by atoms with van der Waals surface area (Å²) in [6.45, 7) is 6.59.